The van der Waals surface area contributed by atoms with Crippen molar-refractivity contribution in [3.8, 4) is 0 Å². The van der Waals surface area contributed by atoms with Crippen LogP contribution in [0.1, 0.15) is 39.5 Å². The maximum absolute atomic E-state index is 13.3. The topological polar surface area (TPSA) is 98.0 Å². The fourth-order valence-electron chi connectivity index (χ4n) is 4.90. The van der Waals surface area contributed by atoms with E-state index in [4.69, 9.17) is 4.74 Å². The van der Waals surface area contributed by atoms with Gasteiger partial charge in [-0.25, -0.2) is 8.42 Å². The van der Waals surface area contributed by atoms with Gasteiger partial charge in [0.25, 0.3) is 5.91 Å². The highest BCUT2D eigenvalue weighted by Crippen LogP contribution is 2.26. The maximum Gasteiger partial charge on any atom is 0.326 e. The van der Waals surface area contributed by atoms with Crippen LogP contribution in [0.4, 0.5) is 0 Å². The van der Waals surface area contributed by atoms with E-state index in [1.165, 1.54) is 45.5 Å². The monoisotopic (exact) mass is 563 g/mol. The number of aryl methyl sites for hydroxylation is 2. The van der Waals surface area contributed by atoms with Crippen LogP contribution in [0, 0.1) is 13.8 Å². The largest absolute Gasteiger partial charge is 0.465 e. The van der Waals surface area contributed by atoms with Crippen LogP contribution >= 0.6 is 11.3 Å². The van der Waals surface area contributed by atoms with Crippen molar-refractivity contribution in [1.29, 1.82) is 0 Å². The van der Waals surface area contributed by atoms with Crippen molar-refractivity contribution in [2.75, 3.05) is 13.2 Å². The third-order valence-corrected chi connectivity index (χ3v) is 9.62. The molecule has 5 rings (SSSR count). The minimum absolute atomic E-state index is 0.0694. The zero-order chi connectivity index (χ0) is 27.7. The number of fused-ring (bicyclic) bond motifs is 2. The Hall–Kier alpha value is -3.60. The SMILES string of the molecule is CCOC(=O)Cn1c(=NC(=O)c2ccc(S(=O)(=O)N3CCc4ccccc4C3)cc2)sc2cc(C)cc(C)c21. The summed E-state index contributed by atoms with van der Waals surface area (Å²) in [7, 11) is -3.72. The van der Waals surface area contributed by atoms with Crippen LogP contribution < -0.4 is 4.80 Å². The van der Waals surface area contributed by atoms with Gasteiger partial charge in [0.15, 0.2) is 4.80 Å². The highest BCUT2D eigenvalue weighted by atomic mass is 32.2. The number of rotatable bonds is 6. The molecule has 1 aromatic heterocycles. The fourth-order valence-corrected chi connectivity index (χ4v) is 7.53. The highest BCUT2D eigenvalue weighted by Gasteiger charge is 2.28. The standard InChI is InChI=1S/C29H29N3O5S2/c1-4-37-26(33)18-32-27-20(3)15-19(2)16-25(27)38-29(32)30-28(34)22-9-11-24(12-10-22)39(35,36)31-14-13-21-7-5-6-8-23(21)17-31/h5-12,15-16H,4,13-14,17-18H2,1-3H3. The van der Waals surface area contributed by atoms with E-state index in [9.17, 15) is 18.0 Å². The van der Waals surface area contributed by atoms with Gasteiger partial charge in [0.05, 0.1) is 21.7 Å². The number of esters is 1. The van der Waals surface area contributed by atoms with Crippen molar-refractivity contribution in [1.82, 2.24) is 8.87 Å². The van der Waals surface area contributed by atoms with Crippen molar-refractivity contribution in [3.05, 3.63) is 93.3 Å². The Labute approximate surface area is 231 Å². The Morgan fingerprint density at radius 1 is 1.03 bits per heavy atom. The zero-order valence-corrected chi connectivity index (χ0v) is 23.6. The molecule has 1 amide bonds. The number of thiazole rings is 1. The average Bonchev–Trinajstić information content (AvgIpc) is 3.24. The minimum atomic E-state index is -3.72. The summed E-state index contributed by atoms with van der Waals surface area (Å²) in [6.45, 7) is 6.59. The van der Waals surface area contributed by atoms with Gasteiger partial charge in [0.2, 0.25) is 10.0 Å². The first-order chi connectivity index (χ1) is 18.7. The summed E-state index contributed by atoms with van der Waals surface area (Å²) in [4.78, 5) is 30.3. The molecule has 0 saturated carbocycles. The van der Waals surface area contributed by atoms with E-state index in [2.05, 4.69) is 4.99 Å². The van der Waals surface area contributed by atoms with Gasteiger partial charge in [-0.05, 0) is 79.8 Å². The second kappa shape index (κ2) is 10.9. The van der Waals surface area contributed by atoms with Gasteiger partial charge in [-0.3, -0.25) is 9.59 Å². The number of hydrogen-bond acceptors (Lipinski definition) is 6. The summed E-state index contributed by atoms with van der Waals surface area (Å²) < 4.78 is 35.8. The van der Waals surface area contributed by atoms with Crippen LogP contribution in [0.25, 0.3) is 10.2 Å². The van der Waals surface area contributed by atoms with Gasteiger partial charge in [0.1, 0.15) is 6.54 Å². The van der Waals surface area contributed by atoms with Crippen molar-refractivity contribution in [2.45, 2.75) is 45.2 Å². The van der Waals surface area contributed by atoms with Crippen molar-refractivity contribution < 1.29 is 22.7 Å². The first-order valence-electron chi connectivity index (χ1n) is 12.7. The van der Waals surface area contributed by atoms with Gasteiger partial charge in [-0.15, -0.1) is 0 Å². The van der Waals surface area contributed by atoms with Gasteiger partial charge >= 0.3 is 5.97 Å². The molecule has 4 aromatic rings. The number of hydrogen-bond donors (Lipinski definition) is 0. The lowest BCUT2D eigenvalue weighted by molar-refractivity contribution is -0.143. The number of ether oxygens (including phenoxy) is 1. The number of aromatic nitrogens is 1. The quantitative estimate of drug-likeness (QED) is 0.325. The molecule has 0 N–H and O–H groups in total. The minimum Gasteiger partial charge on any atom is -0.465 e. The predicted molar refractivity (Wildman–Crippen MR) is 150 cm³/mol. The molecular weight excluding hydrogens is 534 g/mol. The Morgan fingerprint density at radius 3 is 2.46 bits per heavy atom. The Bertz CT molecular complexity index is 1750. The summed E-state index contributed by atoms with van der Waals surface area (Å²) in [6.07, 6.45) is 0.658. The predicted octanol–water partition coefficient (Wildman–Crippen LogP) is 4.37. The molecule has 3 aromatic carbocycles. The van der Waals surface area contributed by atoms with Crippen LogP contribution in [0.3, 0.4) is 0 Å². The molecule has 1 aliphatic heterocycles. The molecule has 0 fully saturated rings. The van der Waals surface area contributed by atoms with Crippen molar-refractivity contribution in [3.63, 3.8) is 0 Å². The third kappa shape index (κ3) is 5.45. The molecule has 0 unspecified atom stereocenters. The normalized spacial score (nSPS) is 14.4. The summed E-state index contributed by atoms with van der Waals surface area (Å²) in [5, 5.41) is 0. The molecule has 0 saturated heterocycles. The number of carbonyl (C=O) groups excluding carboxylic acids is 2. The van der Waals surface area contributed by atoms with E-state index < -0.39 is 21.9 Å². The molecule has 2 heterocycles. The highest BCUT2D eigenvalue weighted by molar-refractivity contribution is 7.89. The number of benzene rings is 3. The summed E-state index contributed by atoms with van der Waals surface area (Å²) in [5.74, 6) is -0.939. The van der Waals surface area contributed by atoms with Crippen LogP contribution in [0.2, 0.25) is 0 Å². The van der Waals surface area contributed by atoms with E-state index in [0.29, 0.717) is 24.3 Å². The van der Waals surface area contributed by atoms with Crippen LogP contribution in [-0.2, 0) is 39.1 Å². The molecule has 10 heteroatoms. The first-order valence-corrected chi connectivity index (χ1v) is 15.0. The number of nitrogens with zero attached hydrogens (tertiary/aromatic N) is 3. The van der Waals surface area contributed by atoms with Gasteiger partial charge < -0.3 is 9.30 Å². The molecule has 0 radical (unpaired) electrons. The van der Waals surface area contributed by atoms with Crippen LogP contribution in [0.5, 0.6) is 0 Å². The van der Waals surface area contributed by atoms with Crippen molar-refractivity contribution in [2.24, 2.45) is 4.99 Å². The molecule has 0 aliphatic carbocycles. The number of carbonyl (C=O) groups is 2. The lowest BCUT2D eigenvalue weighted by Crippen LogP contribution is -2.35. The van der Waals surface area contributed by atoms with Gasteiger partial charge in [-0.2, -0.15) is 9.30 Å². The third-order valence-electron chi connectivity index (χ3n) is 6.74. The van der Waals surface area contributed by atoms with E-state index in [-0.39, 0.29) is 23.6 Å². The van der Waals surface area contributed by atoms with Crippen LogP contribution in [-0.4, -0.2) is 42.3 Å². The van der Waals surface area contributed by atoms with Crippen molar-refractivity contribution >= 4 is 43.5 Å². The lowest BCUT2D eigenvalue weighted by Gasteiger charge is -2.28. The molecule has 1 aliphatic rings. The zero-order valence-electron chi connectivity index (χ0n) is 22.0. The Morgan fingerprint density at radius 2 is 1.74 bits per heavy atom. The molecule has 0 spiro atoms. The summed E-state index contributed by atoms with van der Waals surface area (Å²) >= 11 is 1.32. The average molecular weight is 564 g/mol. The molecule has 202 valence electrons. The lowest BCUT2D eigenvalue weighted by atomic mass is 10.0. The molecule has 39 heavy (non-hydrogen) atoms. The van der Waals surface area contributed by atoms with E-state index in [1.54, 1.807) is 11.5 Å². The molecular formula is C29H29N3O5S2. The van der Waals surface area contributed by atoms with Crippen LogP contribution in [0.15, 0.2) is 70.6 Å². The maximum atomic E-state index is 13.3. The second-order valence-corrected chi connectivity index (χ2v) is 12.5. The molecule has 0 atom stereocenters. The van der Waals surface area contributed by atoms with E-state index in [0.717, 1.165) is 26.9 Å². The van der Waals surface area contributed by atoms with Gasteiger partial charge in [-0.1, -0.05) is 41.7 Å². The second-order valence-electron chi connectivity index (χ2n) is 9.50. The van der Waals surface area contributed by atoms with E-state index >= 15 is 0 Å². The molecule has 8 nitrogen and oxygen atoms in total. The Kier molecular flexibility index (Phi) is 7.53. The smallest absolute Gasteiger partial charge is 0.326 e. The van der Waals surface area contributed by atoms with Gasteiger partial charge in [0, 0.05) is 18.7 Å². The summed E-state index contributed by atoms with van der Waals surface area (Å²) in [5.41, 5.74) is 5.28. The number of amides is 1. The fraction of sp³-hybridized carbons (Fsp3) is 0.276. The number of sulfonamides is 1. The molecule has 0 bridgehead atoms. The van der Waals surface area contributed by atoms with E-state index in [1.807, 2.05) is 50.2 Å². The summed E-state index contributed by atoms with van der Waals surface area (Å²) in [6, 6.07) is 17.7. The first kappa shape index (κ1) is 27.0. The Balaban J connectivity index is 1.45.